The number of hydrogen-bond acceptors (Lipinski definition) is 7. The molecule has 2 atom stereocenters. The molecular weight excluding hydrogens is 427 g/mol. The quantitative estimate of drug-likeness (QED) is 0.643. The second-order valence-electron chi connectivity index (χ2n) is 8.13. The van der Waals surface area contributed by atoms with Crippen LogP contribution in [0.15, 0.2) is 48.7 Å². The Morgan fingerprint density at radius 3 is 2.67 bits per heavy atom. The van der Waals surface area contributed by atoms with Crippen LogP contribution in [0.1, 0.15) is 24.2 Å². The molecule has 170 valence electrons. The largest absolute Gasteiger partial charge is 0.454 e. The van der Waals surface area contributed by atoms with Crippen LogP contribution in [0.2, 0.25) is 0 Å². The number of rotatable bonds is 4. The summed E-state index contributed by atoms with van der Waals surface area (Å²) in [4.78, 5) is 24.2. The molecule has 0 bridgehead atoms. The molecule has 2 aliphatic rings. The number of ether oxygens (including phenoxy) is 3. The van der Waals surface area contributed by atoms with Crippen molar-refractivity contribution < 1.29 is 23.4 Å². The molecule has 0 spiro atoms. The molecule has 0 aliphatic carbocycles. The van der Waals surface area contributed by atoms with Gasteiger partial charge in [0.05, 0.1) is 12.2 Å². The maximum absolute atomic E-state index is 13.8. The van der Waals surface area contributed by atoms with Crippen molar-refractivity contribution >= 4 is 17.4 Å². The Kier molecular flexibility index (Phi) is 5.55. The van der Waals surface area contributed by atoms with Gasteiger partial charge in [-0.3, -0.25) is 4.79 Å². The van der Waals surface area contributed by atoms with Crippen LogP contribution in [0.3, 0.4) is 0 Å². The van der Waals surface area contributed by atoms with Crippen LogP contribution >= 0.6 is 0 Å². The van der Waals surface area contributed by atoms with Gasteiger partial charge in [-0.1, -0.05) is 6.07 Å². The molecule has 1 N–H and O–H groups in total. The van der Waals surface area contributed by atoms with Crippen LogP contribution in [0.4, 0.5) is 15.9 Å². The van der Waals surface area contributed by atoms with Crippen LogP contribution < -0.4 is 14.8 Å². The second-order valence-corrected chi connectivity index (χ2v) is 8.13. The topological polar surface area (TPSA) is 85.8 Å². The molecule has 9 heteroatoms. The number of nitrogens with zero attached hydrogens (tertiary/aromatic N) is 3. The molecule has 0 radical (unpaired) electrons. The van der Waals surface area contributed by atoms with E-state index in [0.29, 0.717) is 53.0 Å². The van der Waals surface area contributed by atoms with E-state index in [9.17, 15) is 9.18 Å². The molecule has 5 rings (SSSR count). The third kappa shape index (κ3) is 4.45. The lowest BCUT2D eigenvalue weighted by Gasteiger charge is -2.35. The zero-order valence-corrected chi connectivity index (χ0v) is 18.2. The number of nitrogens with one attached hydrogen (secondary N) is 1. The molecule has 8 nitrogen and oxygen atoms in total. The first-order valence-corrected chi connectivity index (χ1v) is 10.7. The van der Waals surface area contributed by atoms with Gasteiger partial charge >= 0.3 is 0 Å². The first-order chi connectivity index (χ1) is 16.0. The van der Waals surface area contributed by atoms with E-state index in [0.717, 1.165) is 0 Å². The fraction of sp³-hybridized carbons (Fsp3) is 0.292. The molecule has 2 aromatic carbocycles. The van der Waals surface area contributed by atoms with E-state index in [1.54, 1.807) is 29.2 Å². The average Bonchev–Trinajstić information content (AvgIpc) is 3.26. The summed E-state index contributed by atoms with van der Waals surface area (Å²) in [6.45, 7) is 4.96. The van der Waals surface area contributed by atoms with Crippen molar-refractivity contribution in [3.63, 3.8) is 0 Å². The lowest BCUT2D eigenvalue weighted by Crippen LogP contribution is -2.48. The first-order valence-electron chi connectivity index (χ1n) is 10.7. The van der Waals surface area contributed by atoms with Gasteiger partial charge in [0.2, 0.25) is 6.79 Å². The van der Waals surface area contributed by atoms with E-state index in [1.807, 2.05) is 19.9 Å². The second kappa shape index (κ2) is 8.67. The van der Waals surface area contributed by atoms with Crippen molar-refractivity contribution in [2.75, 3.05) is 25.2 Å². The normalized spacial score (nSPS) is 19.4. The fourth-order valence-electron chi connectivity index (χ4n) is 4.03. The van der Waals surface area contributed by atoms with Crippen molar-refractivity contribution in [1.82, 2.24) is 14.9 Å². The van der Waals surface area contributed by atoms with Gasteiger partial charge in [0.1, 0.15) is 17.2 Å². The van der Waals surface area contributed by atoms with Gasteiger partial charge in [0, 0.05) is 30.5 Å². The summed E-state index contributed by atoms with van der Waals surface area (Å²) in [5.41, 5.74) is 1.47. The van der Waals surface area contributed by atoms with Crippen LogP contribution in [0, 0.1) is 5.82 Å². The van der Waals surface area contributed by atoms with Crippen molar-refractivity contribution in [3.8, 4) is 22.9 Å². The number of aromatic nitrogens is 2. The Labute approximate surface area is 190 Å². The zero-order valence-electron chi connectivity index (χ0n) is 18.2. The van der Waals surface area contributed by atoms with Crippen LogP contribution in [-0.2, 0) is 4.74 Å². The average molecular weight is 450 g/mol. The van der Waals surface area contributed by atoms with Gasteiger partial charge in [0.25, 0.3) is 5.91 Å². The number of carbonyl (C=O) groups is 1. The van der Waals surface area contributed by atoms with Gasteiger partial charge in [-0.15, -0.1) is 0 Å². The molecule has 0 unspecified atom stereocenters. The van der Waals surface area contributed by atoms with Gasteiger partial charge in [-0.25, -0.2) is 14.4 Å². The summed E-state index contributed by atoms with van der Waals surface area (Å²) in [7, 11) is 0. The molecule has 0 saturated carbocycles. The number of hydrogen-bond donors (Lipinski definition) is 1. The number of carbonyl (C=O) groups excluding carboxylic acids is 1. The highest BCUT2D eigenvalue weighted by atomic mass is 19.1. The summed E-state index contributed by atoms with van der Waals surface area (Å²) >= 11 is 0. The molecule has 33 heavy (non-hydrogen) atoms. The monoisotopic (exact) mass is 450 g/mol. The molecular formula is C24H23FN4O4. The van der Waals surface area contributed by atoms with E-state index in [2.05, 4.69) is 15.3 Å². The highest BCUT2D eigenvalue weighted by Gasteiger charge is 2.29. The van der Waals surface area contributed by atoms with Crippen LogP contribution in [0.5, 0.6) is 11.5 Å². The van der Waals surface area contributed by atoms with Crippen LogP contribution in [-0.4, -0.2) is 52.9 Å². The molecule has 1 amide bonds. The van der Waals surface area contributed by atoms with E-state index in [-0.39, 0.29) is 24.9 Å². The molecule has 3 aromatic rings. The Hall–Kier alpha value is -3.72. The van der Waals surface area contributed by atoms with Gasteiger partial charge in [-0.2, -0.15) is 0 Å². The zero-order chi connectivity index (χ0) is 22.9. The molecule has 2 aliphatic heterocycles. The maximum atomic E-state index is 13.8. The smallest absolute Gasteiger partial charge is 0.259 e. The number of fused-ring (bicyclic) bond motifs is 1. The Morgan fingerprint density at radius 1 is 1.09 bits per heavy atom. The fourth-order valence-corrected chi connectivity index (χ4v) is 4.03. The maximum Gasteiger partial charge on any atom is 0.259 e. The Balaban J connectivity index is 1.52. The van der Waals surface area contributed by atoms with Gasteiger partial charge in [-0.05, 0) is 50.2 Å². The van der Waals surface area contributed by atoms with E-state index in [1.165, 1.54) is 18.3 Å². The number of amides is 1. The molecule has 1 fully saturated rings. The third-order valence-corrected chi connectivity index (χ3v) is 5.44. The Morgan fingerprint density at radius 2 is 1.88 bits per heavy atom. The molecule has 3 heterocycles. The van der Waals surface area contributed by atoms with E-state index >= 15 is 0 Å². The predicted molar refractivity (Wildman–Crippen MR) is 119 cm³/mol. The van der Waals surface area contributed by atoms with E-state index < -0.39 is 5.82 Å². The number of benzene rings is 2. The van der Waals surface area contributed by atoms with Gasteiger partial charge < -0.3 is 24.4 Å². The lowest BCUT2D eigenvalue weighted by atomic mass is 10.1. The van der Waals surface area contributed by atoms with Gasteiger partial charge in [0.15, 0.2) is 17.3 Å². The van der Waals surface area contributed by atoms with E-state index in [4.69, 9.17) is 14.2 Å². The number of morpholine rings is 1. The standard InChI is InChI=1S/C24H23FN4O4/c1-14-11-29(12-15(2)33-14)24(30)19-10-26-22(16-6-7-20-21(8-16)32-13-31-20)28-23(19)27-18-5-3-4-17(25)9-18/h3-10,14-15H,11-13H2,1-2H3,(H,26,27,28)/t14-,15+. The summed E-state index contributed by atoms with van der Waals surface area (Å²) in [6, 6.07) is 11.4. The Bertz CT molecular complexity index is 1190. The summed E-state index contributed by atoms with van der Waals surface area (Å²) < 4.78 is 30.4. The minimum atomic E-state index is -0.395. The molecule has 1 saturated heterocycles. The highest BCUT2D eigenvalue weighted by molar-refractivity contribution is 5.99. The van der Waals surface area contributed by atoms with Crippen LogP contribution in [0.25, 0.3) is 11.4 Å². The number of anilines is 2. The summed E-state index contributed by atoms with van der Waals surface area (Å²) in [5.74, 6) is 1.33. The first kappa shape index (κ1) is 21.1. The highest BCUT2D eigenvalue weighted by Crippen LogP contribution is 2.35. The minimum absolute atomic E-state index is 0.0776. The predicted octanol–water partition coefficient (Wildman–Crippen LogP) is 4.00. The van der Waals surface area contributed by atoms with Crippen molar-refractivity contribution in [2.24, 2.45) is 0 Å². The van der Waals surface area contributed by atoms with Crippen molar-refractivity contribution in [2.45, 2.75) is 26.1 Å². The van der Waals surface area contributed by atoms with Crippen molar-refractivity contribution in [3.05, 3.63) is 60.0 Å². The summed E-state index contributed by atoms with van der Waals surface area (Å²) in [6.07, 6.45) is 1.35. The van der Waals surface area contributed by atoms with Crippen molar-refractivity contribution in [1.29, 1.82) is 0 Å². The third-order valence-electron chi connectivity index (χ3n) is 5.44. The minimum Gasteiger partial charge on any atom is -0.454 e. The SMILES string of the molecule is C[C@@H]1CN(C(=O)c2cnc(-c3ccc4c(c3)OCO4)nc2Nc2cccc(F)c2)C[C@H](C)O1. The molecule has 1 aromatic heterocycles. The lowest BCUT2D eigenvalue weighted by molar-refractivity contribution is -0.0586. The summed E-state index contributed by atoms with van der Waals surface area (Å²) in [5, 5.41) is 3.09. The number of halogens is 1.